The number of rotatable bonds is 8. The van der Waals surface area contributed by atoms with E-state index in [0.29, 0.717) is 0 Å². The molecule has 2 nitrogen and oxygen atoms in total. The Kier molecular flexibility index (Phi) is 6.53. The van der Waals surface area contributed by atoms with E-state index in [-0.39, 0.29) is 5.54 Å². The van der Waals surface area contributed by atoms with Crippen molar-refractivity contribution in [1.29, 1.82) is 0 Å². The molecule has 108 valence electrons. The fraction of sp³-hybridized carbons (Fsp3) is 0.647. The van der Waals surface area contributed by atoms with Crippen molar-refractivity contribution < 1.29 is 0 Å². The highest BCUT2D eigenvalue weighted by atomic mass is 15.2. The van der Waals surface area contributed by atoms with Gasteiger partial charge in [-0.15, -0.1) is 0 Å². The summed E-state index contributed by atoms with van der Waals surface area (Å²) in [7, 11) is 0. The molecule has 0 fully saturated rings. The molecular formula is C17H30N2. The monoisotopic (exact) mass is 262 g/mol. The zero-order chi connectivity index (χ0) is 14.3. The molecule has 0 saturated carbocycles. The molecule has 0 spiro atoms. The molecule has 0 heterocycles. The molecular weight excluding hydrogens is 232 g/mol. The number of benzene rings is 1. The van der Waals surface area contributed by atoms with Crippen molar-refractivity contribution in [3.05, 3.63) is 35.9 Å². The maximum absolute atomic E-state index is 6.08. The molecule has 1 aromatic rings. The van der Waals surface area contributed by atoms with Crippen LogP contribution in [0.3, 0.4) is 0 Å². The van der Waals surface area contributed by atoms with Crippen LogP contribution in [0.15, 0.2) is 30.3 Å². The standard InChI is InChI=1S/C17H30N2/c1-5-19(13-16-9-7-6-8-10-16)17(4,14-18)12-11-15(2)3/h6-10,15H,5,11-14,18H2,1-4H3. The summed E-state index contributed by atoms with van der Waals surface area (Å²) in [6.45, 7) is 11.9. The molecule has 19 heavy (non-hydrogen) atoms. The predicted octanol–water partition coefficient (Wildman–Crippen LogP) is 3.66. The minimum Gasteiger partial charge on any atom is -0.329 e. The first kappa shape index (κ1) is 16.2. The molecule has 0 aliphatic heterocycles. The van der Waals surface area contributed by atoms with E-state index in [1.54, 1.807) is 0 Å². The Morgan fingerprint density at radius 2 is 1.84 bits per heavy atom. The highest BCUT2D eigenvalue weighted by Gasteiger charge is 2.29. The molecule has 1 aromatic carbocycles. The molecule has 0 radical (unpaired) electrons. The third-order valence-corrected chi connectivity index (χ3v) is 4.06. The van der Waals surface area contributed by atoms with Gasteiger partial charge in [-0.25, -0.2) is 0 Å². The molecule has 1 rings (SSSR count). The first-order chi connectivity index (χ1) is 9.01. The van der Waals surface area contributed by atoms with Crippen molar-refractivity contribution in [1.82, 2.24) is 4.90 Å². The lowest BCUT2D eigenvalue weighted by Crippen LogP contribution is -2.51. The molecule has 1 unspecified atom stereocenters. The van der Waals surface area contributed by atoms with Crippen LogP contribution >= 0.6 is 0 Å². The van der Waals surface area contributed by atoms with Gasteiger partial charge in [0.2, 0.25) is 0 Å². The van der Waals surface area contributed by atoms with Gasteiger partial charge in [0, 0.05) is 18.6 Å². The van der Waals surface area contributed by atoms with E-state index in [0.717, 1.165) is 25.6 Å². The summed E-state index contributed by atoms with van der Waals surface area (Å²) >= 11 is 0. The number of hydrogen-bond donors (Lipinski definition) is 1. The molecule has 0 aliphatic rings. The highest BCUT2D eigenvalue weighted by molar-refractivity contribution is 5.15. The van der Waals surface area contributed by atoms with Gasteiger partial charge in [-0.1, -0.05) is 51.1 Å². The Hall–Kier alpha value is -0.860. The molecule has 0 aromatic heterocycles. The van der Waals surface area contributed by atoms with Crippen LogP contribution in [0.4, 0.5) is 0 Å². The van der Waals surface area contributed by atoms with Gasteiger partial charge in [-0.05, 0) is 37.8 Å². The SMILES string of the molecule is CCN(Cc1ccccc1)C(C)(CN)CCC(C)C. The molecule has 2 heteroatoms. The minimum absolute atomic E-state index is 0.106. The molecule has 0 aliphatic carbocycles. The Bertz CT molecular complexity index is 348. The van der Waals surface area contributed by atoms with Crippen LogP contribution in [0.1, 0.15) is 46.1 Å². The zero-order valence-corrected chi connectivity index (χ0v) is 13.0. The average molecular weight is 262 g/mol. The van der Waals surface area contributed by atoms with E-state index < -0.39 is 0 Å². The topological polar surface area (TPSA) is 29.3 Å². The van der Waals surface area contributed by atoms with Crippen LogP contribution in [0.25, 0.3) is 0 Å². The summed E-state index contributed by atoms with van der Waals surface area (Å²) in [6.07, 6.45) is 2.40. The molecule has 2 N–H and O–H groups in total. The third kappa shape index (κ3) is 4.96. The van der Waals surface area contributed by atoms with E-state index in [2.05, 4.69) is 62.9 Å². The normalized spacial score (nSPS) is 14.9. The number of likely N-dealkylation sites (N-methyl/N-ethyl adjacent to an activating group) is 1. The fourth-order valence-electron chi connectivity index (χ4n) is 2.48. The van der Waals surface area contributed by atoms with Gasteiger partial charge >= 0.3 is 0 Å². The van der Waals surface area contributed by atoms with Gasteiger partial charge in [-0.2, -0.15) is 0 Å². The Labute approximate surface area is 119 Å². The highest BCUT2D eigenvalue weighted by Crippen LogP contribution is 2.24. The Morgan fingerprint density at radius 1 is 1.21 bits per heavy atom. The van der Waals surface area contributed by atoms with Crippen molar-refractivity contribution in [2.45, 2.75) is 52.6 Å². The van der Waals surface area contributed by atoms with Crippen LogP contribution in [0.2, 0.25) is 0 Å². The van der Waals surface area contributed by atoms with Gasteiger partial charge in [0.05, 0.1) is 0 Å². The lowest BCUT2D eigenvalue weighted by atomic mass is 9.89. The summed E-state index contributed by atoms with van der Waals surface area (Å²) in [4.78, 5) is 2.52. The Morgan fingerprint density at radius 3 is 2.32 bits per heavy atom. The number of nitrogens with zero attached hydrogens (tertiary/aromatic N) is 1. The summed E-state index contributed by atoms with van der Waals surface area (Å²) in [5.41, 5.74) is 7.56. The average Bonchev–Trinajstić information content (AvgIpc) is 2.43. The van der Waals surface area contributed by atoms with Gasteiger partial charge < -0.3 is 5.73 Å². The summed E-state index contributed by atoms with van der Waals surface area (Å²) in [6, 6.07) is 10.7. The smallest absolute Gasteiger partial charge is 0.0307 e. The third-order valence-electron chi connectivity index (χ3n) is 4.06. The first-order valence-corrected chi connectivity index (χ1v) is 7.51. The van der Waals surface area contributed by atoms with Gasteiger partial charge in [0.1, 0.15) is 0 Å². The van der Waals surface area contributed by atoms with E-state index in [1.165, 1.54) is 18.4 Å². The molecule has 0 saturated heterocycles. The van der Waals surface area contributed by atoms with Crippen molar-refractivity contribution in [2.24, 2.45) is 11.7 Å². The van der Waals surface area contributed by atoms with Crippen molar-refractivity contribution >= 4 is 0 Å². The second kappa shape index (κ2) is 7.66. The maximum Gasteiger partial charge on any atom is 0.0307 e. The largest absolute Gasteiger partial charge is 0.329 e. The molecule has 1 atom stereocenters. The predicted molar refractivity (Wildman–Crippen MR) is 84.1 cm³/mol. The second-order valence-corrected chi connectivity index (χ2v) is 6.13. The van der Waals surface area contributed by atoms with E-state index in [4.69, 9.17) is 5.73 Å². The lowest BCUT2D eigenvalue weighted by molar-refractivity contribution is 0.0936. The van der Waals surface area contributed by atoms with E-state index in [1.807, 2.05) is 0 Å². The molecule has 0 amide bonds. The summed E-state index contributed by atoms with van der Waals surface area (Å²) in [5.74, 6) is 0.737. The Balaban J connectivity index is 2.74. The van der Waals surface area contributed by atoms with Gasteiger partial charge in [0.25, 0.3) is 0 Å². The molecule has 0 bridgehead atoms. The second-order valence-electron chi connectivity index (χ2n) is 6.13. The minimum atomic E-state index is 0.106. The fourth-order valence-corrected chi connectivity index (χ4v) is 2.48. The quantitative estimate of drug-likeness (QED) is 0.774. The lowest BCUT2D eigenvalue weighted by Gasteiger charge is -2.41. The first-order valence-electron chi connectivity index (χ1n) is 7.51. The number of hydrogen-bond acceptors (Lipinski definition) is 2. The van der Waals surface area contributed by atoms with Gasteiger partial charge in [-0.3, -0.25) is 4.90 Å². The van der Waals surface area contributed by atoms with Gasteiger partial charge in [0.15, 0.2) is 0 Å². The maximum atomic E-state index is 6.08. The number of nitrogens with two attached hydrogens (primary N) is 1. The van der Waals surface area contributed by atoms with Crippen LogP contribution in [-0.4, -0.2) is 23.5 Å². The van der Waals surface area contributed by atoms with Crippen LogP contribution in [0.5, 0.6) is 0 Å². The van der Waals surface area contributed by atoms with E-state index >= 15 is 0 Å². The van der Waals surface area contributed by atoms with Crippen LogP contribution < -0.4 is 5.73 Å². The zero-order valence-electron chi connectivity index (χ0n) is 13.0. The van der Waals surface area contributed by atoms with E-state index in [9.17, 15) is 0 Å². The summed E-state index contributed by atoms with van der Waals surface area (Å²) < 4.78 is 0. The van der Waals surface area contributed by atoms with Crippen molar-refractivity contribution in [3.63, 3.8) is 0 Å². The van der Waals surface area contributed by atoms with Crippen LogP contribution in [-0.2, 0) is 6.54 Å². The van der Waals surface area contributed by atoms with Crippen LogP contribution in [0, 0.1) is 5.92 Å². The van der Waals surface area contributed by atoms with Crippen molar-refractivity contribution in [2.75, 3.05) is 13.1 Å². The van der Waals surface area contributed by atoms with Crippen molar-refractivity contribution in [3.8, 4) is 0 Å². The summed E-state index contributed by atoms with van der Waals surface area (Å²) in [5, 5.41) is 0.